The number of fused-ring (bicyclic) bond motifs is 3. The molecule has 0 aliphatic rings. The fraction of sp³-hybridized carbons (Fsp3) is 0.238. The van der Waals surface area contributed by atoms with Gasteiger partial charge in [0.1, 0.15) is 0 Å². The van der Waals surface area contributed by atoms with Gasteiger partial charge in [-0.25, -0.2) is 0 Å². The molecule has 28 heavy (non-hydrogen) atoms. The third-order valence-electron chi connectivity index (χ3n) is 4.22. The zero-order chi connectivity index (χ0) is 20.4. The molecule has 0 atom stereocenters. The molecule has 3 rings (SSSR count). The molecule has 0 aliphatic heterocycles. The summed E-state index contributed by atoms with van der Waals surface area (Å²) in [6.45, 7) is 2.63. The highest BCUT2D eigenvalue weighted by molar-refractivity contribution is 6.14. The molecule has 0 unspecified atom stereocenters. The summed E-state index contributed by atoms with van der Waals surface area (Å²) in [7, 11) is 4.48. The van der Waals surface area contributed by atoms with Gasteiger partial charge in [0.05, 0.1) is 21.3 Å². The molecule has 146 valence electrons. The van der Waals surface area contributed by atoms with E-state index in [2.05, 4.69) is 0 Å². The van der Waals surface area contributed by atoms with Gasteiger partial charge in [-0.1, -0.05) is 6.07 Å². The molecule has 0 N–H and O–H groups in total. The van der Waals surface area contributed by atoms with Crippen LogP contribution in [-0.2, 0) is 9.59 Å². The number of carbonyl (C=O) groups excluding carboxylic acids is 2. The standard InChI is InChI=1S/C21H20O7/c1-11(22)27-16-9-8-14-15(19(16)25-4)7-6-13-10-17(24-3)20(28-12(2)23)21(26-5)18(13)14/h6-10H,1-5H3. The van der Waals surface area contributed by atoms with Gasteiger partial charge in [-0.15, -0.1) is 0 Å². The molecule has 0 bridgehead atoms. The summed E-state index contributed by atoms with van der Waals surface area (Å²) in [5.41, 5.74) is 0. The number of hydrogen-bond donors (Lipinski definition) is 0. The summed E-state index contributed by atoms with van der Waals surface area (Å²) in [5, 5.41) is 3.02. The van der Waals surface area contributed by atoms with E-state index in [1.807, 2.05) is 12.1 Å². The predicted molar refractivity (Wildman–Crippen MR) is 104 cm³/mol. The first-order valence-electron chi connectivity index (χ1n) is 8.46. The van der Waals surface area contributed by atoms with Gasteiger partial charge in [-0.05, 0) is 35.0 Å². The van der Waals surface area contributed by atoms with E-state index in [1.165, 1.54) is 35.2 Å². The predicted octanol–water partition coefficient (Wildman–Crippen LogP) is 3.87. The molecule has 0 saturated carbocycles. The van der Waals surface area contributed by atoms with Gasteiger partial charge in [-0.2, -0.15) is 0 Å². The Balaban J connectivity index is 2.42. The fourth-order valence-corrected chi connectivity index (χ4v) is 3.21. The van der Waals surface area contributed by atoms with Crippen molar-refractivity contribution in [2.45, 2.75) is 13.8 Å². The summed E-state index contributed by atoms with van der Waals surface area (Å²) in [4.78, 5) is 23.0. The SMILES string of the molecule is COc1cc2ccc3c(OC)c(OC(C)=O)ccc3c2c(OC)c1OC(C)=O. The van der Waals surface area contributed by atoms with Gasteiger partial charge >= 0.3 is 11.9 Å². The van der Waals surface area contributed by atoms with Crippen LogP contribution >= 0.6 is 0 Å². The Morgan fingerprint density at radius 3 is 1.89 bits per heavy atom. The zero-order valence-corrected chi connectivity index (χ0v) is 16.2. The monoisotopic (exact) mass is 384 g/mol. The maximum atomic E-state index is 11.6. The van der Waals surface area contributed by atoms with E-state index in [-0.39, 0.29) is 5.75 Å². The van der Waals surface area contributed by atoms with E-state index in [4.69, 9.17) is 23.7 Å². The first-order valence-corrected chi connectivity index (χ1v) is 8.46. The summed E-state index contributed by atoms with van der Waals surface area (Å²) < 4.78 is 27.1. The second kappa shape index (κ2) is 7.64. The molecule has 0 amide bonds. The van der Waals surface area contributed by atoms with Crippen molar-refractivity contribution in [1.29, 1.82) is 0 Å². The summed E-state index contributed by atoms with van der Waals surface area (Å²) in [6.07, 6.45) is 0. The Morgan fingerprint density at radius 2 is 1.32 bits per heavy atom. The van der Waals surface area contributed by atoms with Crippen molar-refractivity contribution in [1.82, 2.24) is 0 Å². The summed E-state index contributed by atoms with van der Waals surface area (Å²) >= 11 is 0. The van der Waals surface area contributed by atoms with Crippen LogP contribution in [0.4, 0.5) is 0 Å². The van der Waals surface area contributed by atoms with E-state index < -0.39 is 11.9 Å². The van der Waals surface area contributed by atoms with Crippen molar-refractivity contribution in [2.24, 2.45) is 0 Å². The zero-order valence-electron chi connectivity index (χ0n) is 16.2. The average Bonchev–Trinajstić information content (AvgIpc) is 2.66. The van der Waals surface area contributed by atoms with Crippen LogP contribution in [0, 0.1) is 0 Å². The Labute approximate surface area is 161 Å². The minimum absolute atomic E-state index is 0.195. The number of hydrogen-bond acceptors (Lipinski definition) is 7. The lowest BCUT2D eigenvalue weighted by atomic mass is 9.99. The van der Waals surface area contributed by atoms with Gasteiger partial charge in [0.2, 0.25) is 5.75 Å². The van der Waals surface area contributed by atoms with Crippen molar-refractivity contribution < 1.29 is 33.3 Å². The maximum Gasteiger partial charge on any atom is 0.308 e. The molecular formula is C21H20O7. The van der Waals surface area contributed by atoms with E-state index in [1.54, 1.807) is 18.2 Å². The second-order valence-corrected chi connectivity index (χ2v) is 5.98. The highest BCUT2D eigenvalue weighted by atomic mass is 16.6. The lowest BCUT2D eigenvalue weighted by Gasteiger charge is -2.18. The molecular weight excluding hydrogens is 364 g/mol. The molecule has 3 aromatic rings. The molecule has 7 heteroatoms. The van der Waals surface area contributed by atoms with Gasteiger partial charge in [0, 0.05) is 24.6 Å². The van der Waals surface area contributed by atoms with Crippen LogP contribution < -0.4 is 23.7 Å². The Kier molecular flexibility index (Phi) is 5.26. The highest BCUT2D eigenvalue weighted by Crippen LogP contribution is 2.48. The van der Waals surface area contributed by atoms with Crippen molar-refractivity contribution in [2.75, 3.05) is 21.3 Å². The van der Waals surface area contributed by atoms with Crippen molar-refractivity contribution >= 4 is 33.5 Å². The fourth-order valence-electron chi connectivity index (χ4n) is 3.21. The van der Waals surface area contributed by atoms with Crippen LogP contribution in [0.15, 0.2) is 30.3 Å². The number of benzene rings is 3. The van der Waals surface area contributed by atoms with E-state index in [0.717, 1.165) is 10.8 Å². The Morgan fingerprint density at radius 1 is 0.679 bits per heavy atom. The molecule has 7 nitrogen and oxygen atoms in total. The van der Waals surface area contributed by atoms with E-state index in [0.29, 0.717) is 33.8 Å². The number of ether oxygens (including phenoxy) is 5. The number of carbonyl (C=O) groups is 2. The first-order chi connectivity index (χ1) is 13.4. The first kappa shape index (κ1) is 19.3. The van der Waals surface area contributed by atoms with Crippen molar-refractivity contribution in [3.8, 4) is 28.7 Å². The van der Waals surface area contributed by atoms with Gasteiger partial charge < -0.3 is 23.7 Å². The van der Waals surface area contributed by atoms with Gasteiger partial charge in [-0.3, -0.25) is 9.59 Å². The second-order valence-electron chi connectivity index (χ2n) is 5.98. The average molecular weight is 384 g/mol. The lowest BCUT2D eigenvalue weighted by Crippen LogP contribution is -2.05. The molecule has 0 radical (unpaired) electrons. The third kappa shape index (κ3) is 3.26. The smallest absolute Gasteiger partial charge is 0.308 e. The van der Waals surface area contributed by atoms with Crippen LogP contribution in [-0.4, -0.2) is 33.3 Å². The van der Waals surface area contributed by atoms with Crippen LogP contribution in [0.5, 0.6) is 28.7 Å². The topological polar surface area (TPSA) is 80.3 Å². The van der Waals surface area contributed by atoms with Crippen LogP contribution in [0.2, 0.25) is 0 Å². The third-order valence-corrected chi connectivity index (χ3v) is 4.22. The highest BCUT2D eigenvalue weighted by Gasteiger charge is 2.22. The molecule has 0 fully saturated rings. The molecule has 0 heterocycles. The van der Waals surface area contributed by atoms with Crippen LogP contribution in [0.25, 0.3) is 21.5 Å². The number of esters is 2. The molecule has 3 aromatic carbocycles. The Hall–Kier alpha value is -3.48. The Bertz CT molecular complexity index is 1090. The van der Waals surface area contributed by atoms with Crippen LogP contribution in [0.3, 0.4) is 0 Å². The summed E-state index contributed by atoms with van der Waals surface area (Å²) in [6, 6.07) is 8.93. The number of methoxy groups -OCH3 is 3. The summed E-state index contributed by atoms with van der Waals surface area (Å²) in [5.74, 6) is 0.722. The maximum absolute atomic E-state index is 11.6. The van der Waals surface area contributed by atoms with Crippen molar-refractivity contribution in [3.63, 3.8) is 0 Å². The van der Waals surface area contributed by atoms with Crippen molar-refractivity contribution in [3.05, 3.63) is 30.3 Å². The normalized spacial score (nSPS) is 10.6. The molecule has 0 aliphatic carbocycles. The molecule has 0 aromatic heterocycles. The quantitative estimate of drug-likeness (QED) is 0.375. The van der Waals surface area contributed by atoms with Gasteiger partial charge in [0.15, 0.2) is 23.0 Å². The lowest BCUT2D eigenvalue weighted by molar-refractivity contribution is -0.133. The molecule has 0 saturated heterocycles. The number of rotatable bonds is 5. The van der Waals surface area contributed by atoms with E-state index >= 15 is 0 Å². The minimum Gasteiger partial charge on any atom is -0.493 e. The molecule has 0 spiro atoms. The minimum atomic E-state index is -0.495. The van der Waals surface area contributed by atoms with Crippen LogP contribution in [0.1, 0.15) is 13.8 Å². The largest absolute Gasteiger partial charge is 0.493 e. The van der Waals surface area contributed by atoms with E-state index in [9.17, 15) is 9.59 Å². The van der Waals surface area contributed by atoms with Gasteiger partial charge in [0.25, 0.3) is 0 Å².